The van der Waals surface area contributed by atoms with E-state index in [0.29, 0.717) is 0 Å². The van der Waals surface area contributed by atoms with Crippen LogP contribution in [0.5, 0.6) is 0 Å². The van der Waals surface area contributed by atoms with E-state index in [9.17, 15) is 0 Å². The van der Waals surface area contributed by atoms with Gasteiger partial charge < -0.3 is 0 Å². The van der Waals surface area contributed by atoms with Crippen molar-refractivity contribution >= 4 is 0 Å². The van der Waals surface area contributed by atoms with Gasteiger partial charge >= 0.3 is 0 Å². The molecule has 2 aliphatic carbocycles. The summed E-state index contributed by atoms with van der Waals surface area (Å²) in [5.74, 6) is 2.90. The zero-order valence-corrected chi connectivity index (χ0v) is 10.8. The summed E-state index contributed by atoms with van der Waals surface area (Å²) in [7, 11) is 0. The molecule has 1 aromatic carbocycles. The standard InChI is InChI=1S/C17H24/c1-3-8-14(9-4-1)16-12-6-2-5-10-15-11-7-13-17(15)16/h1,3-4,8-9,15-17H,2,5-7,10-13H2. The Bertz CT molecular complexity index is 340. The zero-order chi connectivity index (χ0) is 11.5. The van der Waals surface area contributed by atoms with E-state index in [1.165, 1.54) is 51.4 Å². The number of fused-ring (bicyclic) bond motifs is 1. The minimum atomic E-state index is 0.865. The molecule has 0 nitrogen and oxygen atoms in total. The quantitative estimate of drug-likeness (QED) is 0.623. The molecule has 17 heavy (non-hydrogen) atoms. The minimum absolute atomic E-state index is 0.865. The predicted octanol–water partition coefficient (Wildman–Crippen LogP) is 5.15. The lowest BCUT2D eigenvalue weighted by atomic mass is 9.74. The van der Waals surface area contributed by atoms with Gasteiger partial charge in [0.15, 0.2) is 0 Å². The molecule has 92 valence electrons. The molecule has 0 amide bonds. The summed E-state index contributed by atoms with van der Waals surface area (Å²) in [6, 6.07) is 11.3. The molecule has 0 aliphatic heterocycles. The van der Waals surface area contributed by atoms with Crippen LogP contribution in [0.1, 0.15) is 62.8 Å². The highest BCUT2D eigenvalue weighted by Crippen LogP contribution is 2.47. The van der Waals surface area contributed by atoms with Crippen molar-refractivity contribution in [2.75, 3.05) is 0 Å². The Balaban J connectivity index is 1.84. The summed E-state index contributed by atoms with van der Waals surface area (Å²) < 4.78 is 0. The van der Waals surface area contributed by atoms with Gasteiger partial charge in [0.2, 0.25) is 0 Å². The third kappa shape index (κ3) is 2.41. The van der Waals surface area contributed by atoms with Crippen LogP contribution in [0.2, 0.25) is 0 Å². The second-order valence-corrected chi connectivity index (χ2v) is 6.01. The first-order chi connectivity index (χ1) is 8.45. The lowest BCUT2D eigenvalue weighted by Gasteiger charge is -2.31. The molecule has 0 radical (unpaired) electrons. The third-order valence-electron chi connectivity index (χ3n) is 5.05. The molecule has 0 bridgehead atoms. The van der Waals surface area contributed by atoms with E-state index in [1.54, 1.807) is 5.56 Å². The van der Waals surface area contributed by atoms with Crippen molar-refractivity contribution in [3.8, 4) is 0 Å². The molecule has 2 saturated carbocycles. The van der Waals surface area contributed by atoms with Crippen molar-refractivity contribution in [3.05, 3.63) is 35.9 Å². The lowest BCUT2D eigenvalue weighted by Crippen LogP contribution is -2.19. The topological polar surface area (TPSA) is 0 Å². The first-order valence-corrected chi connectivity index (χ1v) is 7.50. The molecule has 1 aromatic rings. The van der Waals surface area contributed by atoms with Crippen LogP contribution in [-0.2, 0) is 0 Å². The monoisotopic (exact) mass is 228 g/mol. The normalized spacial score (nSPS) is 33.8. The van der Waals surface area contributed by atoms with E-state index >= 15 is 0 Å². The highest BCUT2D eigenvalue weighted by molar-refractivity contribution is 5.21. The molecular formula is C17H24. The molecule has 3 unspecified atom stereocenters. The fourth-order valence-electron chi connectivity index (χ4n) is 4.23. The molecular weight excluding hydrogens is 204 g/mol. The van der Waals surface area contributed by atoms with E-state index in [-0.39, 0.29) is 0 Å². The second kappa shape index (κ2) is 5.25. The Morgan fingerprint density at radius 1 is 0.706 bits per heavy atom. The minimum Gasteiger partial charge on any atom is -0.0622 e. The Morgan fingerprint density at radius 3 is 2.35 bits per heavy atom. The Labute approximate surface area is 105 Å². The van der Waals surface area contributed by atoms with Gasteiger partial charge in [-0.05, 0) is 36.2 Å². The fourth-order valence-corrected chi connectivity index (χ4v) is 4.23. The highest BCUT2D eigenvalue weighted by Gasteiger charge is 2.34. The Kier molecular flexibility index (Phi) is 3.49. The van der Waals surface area contributed by atoms with Crippen LogP contribution in [-0.4, -0.2) is 0 Å². The molecule has 3 rings (SSSR count). The zero-order valence-electron chi connectivity index (χ0n) is 10.8. The Hall–Kier alpha value is -0.780. The number of hydrogen-bond acceptors (Lipinski definition) is 0. The fraction of sp³-hybridized carbons (Fsp3) is 0.647. The average Bonchev–Trinajstić information content (AvgIpc) is 2.78. The summed E-state index contributed by atoms with van der Waals surface area (Å²) in [4.78, 5) is 0. The number of hydrogen-bond donors (Lipinski definition) is 0. The van der Waals surface area contributed by atoms with Crippen molar-refractivity contribution < 1.29 is 0 Å². The smallest absolute Gasteiger partial charge is 0.0131 e. The molecule has 2 fully saturated rings. The maximum atomic E-state index is 2.36. The SMILES string of the molecule is c1ccc(C2CCCCCC3CCCC32)cc1. The molecule has 3 atom stereocenters. The van der Waals surface area contributed by atoms with Crippen LogP contribution >= 0.6 is 0 Å². The molecule has 0 saturated heterocycles. The van der Waals surface area contributed by atoms with Gasteiger partial charge in [0.25, 0.3) is 0 Å². The molecule has 2 aliphatic rings. The van der Waals surface area contributed by atoms with Crippen LogP contribution in [0.3, 0.4) is 0 Å². The molecule has 0 heterocycles. The van der Waals surface area contributed by atoms with Crippen LogP contribution in [0.25, 0.3) is 0 Å². The van der Waals surface area contributed by atoms with E-state index in [1.807, 2.05) is 0 Å². The number of rotatable bonds is 1. The second-order valence-electron chi connectivity index (χ2n) is 6.01. The van der Waals surface area contributed by atoms with E-state index in [4.69, 9.17) is 0 Å². The van der Waals surface area contributed by atoms with Gasteiger partial charge in [-0.1, -0.05) is 68.9 Å². The van der Waals surface area contributed by atoms with Gasteiger partial charge in [-0.2, -0.15) is 0 Å². The summed E-state index contributed by atoms with van der Waals surface area (Å²) in [5, 5.41) is 0. The number of benzene rings is 1. The van der Waals surface area contributed by atoms with Crippen molar-refractivity contribution in [1.29, 1.82) is 0 Å². The van der Waals surface area contributed by atoms with E-state index in [2.05, 4.69) is 30.3 Å². The van der Waals surface area contributed by atoms with Crippen LogP contribution in [0.15, 0.2) is 30.3 Å². The highest BCUT2D eigenvalue weighted by atomic mass is 14.4. The predicted molar refractivity (Wildman–Crippen MR) is 73.1 cm³/mol. The van der Waals surface area contributed by atoms with Gasteiger partial charge in [0.1, 0.15) is 0 Å². The summed E-state index contributed by atoms with van der Waals surface area (Å²) in [6.07, 6.45) is 11.8. The van der Waals surface area contributed by atoms with Crippen molar-refractivity contribution in [2.24, 2.45) is 11.8 Å². The van der Waals surface area contributed by atoms with Crippen LogP contribution < -0.4 is 0 Å². The van der Waals surface area contributed by atoms with E-state index in [0.717, 1.165) is 17.8 Å². The van der Waals surface area contributed by atoms with Crippen LogP contribution in [0.4, 0.5) is 0 Å². The maximum absolute atomic E-state index is 2.36. The van der Waals surface area contributed by atoms with Gasteiger partial charge in [0, 0.05) is 0 Å². The molecule has 0 N–H and O–H groups in total. The largest absolute Gasteiger partial charge is 0.0622 e. The maximum Gasteiger partial charge on any atom is -0.0131 e. The van der Waals surface area contributed by atoms with E-state index < -0.39 is 0 Å². The summed E-state index contributed by atoms with van der Waals surface area (Å²) in [6.45, 7) is 0. The molecule has 0 aromatic heterocycles. The van der Waals surface area contributed by atoms with Crippen molar-refractivity contribution in [1.82, 2.24) is 0 Å². The van der Waals surface area contributed by atoms with Crippen molar-refractivity contribution in [2.45, 2.75) is 57.3 Å². The summed E-state index contributed by atoms with van der Waals surface area (Å²) in [5.41, 5.74) is 1.62. The molecule has 0 spiro atoms. The third-order valence-corrected chi connectivity index (χ3v) is 5.05. The van der Waals surface area contributed by atoms with Gasteiger partial charge in [0.05, 0.1) is 0 Å². The first kappa shape index (κ1) is 11.3. The van der Waals surface area contributed by atoms with Crippen LogP contribution in [0, 0.1) is 11.8 Å². The average molecular weight is 228 g/mol. The van der Waals surface area contributed by atoms with Crippen molar-refractivity contribution in [3.63, 3.8) is 0 Å². The lowest BCUT2D eigenvalue weighted by molar-refractivity contribution is 0.265. The van der Waals surface area contributed by atoms with Gasteiger partial charge in [-0.15, -0.1) is 0 Å². The van der Waals surface area contributed by atoms with Gasteiger partial charge in [-0.25, -0.2) is 0 Å². The first-order valence-electron chi connectivity index (χ1n) is 7.50. The molecule has 0 heteroatoms. The van der Waals surface area contributed by atoms with Gasteiger partial charge in [-0.3, -0.25) is 0 Å². The summed E-state index contributed by atoms with van der Waals surface area (Å²) >= 11 is 0. The Morgan fingerprint density at radius 2 is 1.47 bits per heavy atom.